The van der Waals surface area contributed by atoms with E-state index in [0.717, 1.165) is 34.2 Å². The first-order valence-corrected chi connectivity index (χ1v) is 8.69. The van der Waals surface area contributed by atoms with Crippen molar-refractivity contribution in [2.24, 2.45) is 0 Å². The van der Waals surface area contributed by atoms with E-state index < -0.39 is 0 Å². The van der Waals surface area contributed by atoms with Crippen LogP contribution in [-0.4, -0.2) is 15.2 Å². The molecule has 0 radical (unpaired) electrons. The average Bonchev–Trinajstić information content (AvgIpc) is 3.36. The van der Waals surface area contributed by atoms with Crippen molar-refractivity contribution in [2.45, 2.75) is 6.61 Å². The third-order valence-corrected chi connectivity index (χ3v) is 4.23. The Morgan fingerprint density at radius 1 is 0.880 bits per heavy atom. The average molecular weight is 349 g/mol. The number of nitrogens with one attached hydrogen (secondary N) is 1. The standard InChI is InChI=1S/C19H15N3O2S/c1-3-17(4-2-14(1)19-9-10-21-22-19)24-18-7-5-16(6-8-18)23-11-15-12-25-13-20-15/h1-10,12-13H,11H2,(H,21,22). The quantitative estimate of drug-likeness (QED) is 0.537. The number of nitrogens with zero attached hydrogens (tertiary/aromatic N) is 2. The molecule has 2 aromatic heterocycles. The number of aromatic amines is 1. The first kappa shape index (κ1) is 15.4. The molecule has 6 heteroatoms. The van der Waals surface area contributed by atoms with Crippen molar-refractivity contribution in [3.63, 3.8) is 0 Å². The summed E-state index contributed by atoms with van der Waals surface area (Å²) >= 11 is 1.56. The summed E-state index contributed by atoms with van der Waals surface area (Å²) in [7, 11) is 0. The summed E-state index contributed by atoms with van der Waals surface area (Å²) < 4.78 is 11.6. The van der Waals surface area contributed by atoms with Crippen molar-refractivity contribution in [1.82, 2.24) is 15.2 Å². The molecule has 0 unspecified atom stereocenters. The molecular formula is C19H15N3O2S. The predicted molar refractivity (Wildman–Crippen MR) is 97.0 cm³/mol. The maximum Gasteiger partial charge on any atom is 0.131 e. The number of aromatic nitrogens is 3. The Labute approximate surface area is 148 Å². The fourth-order valence-electron chi connectivity index (χ4n) is 2.33. The number of hydrogen-bond donors (Lipinski definition) is 1. The van der Waals surface area contributed by atoms with Crippen LogP contribution in [0.4, 0.5) is 0 Å². The van der Waals surface area contributed by atoms with Gasteiger partial charge in [0.05, 0.1) is 16.9 Å². The fraction of sp³-hybridized carbons (Fsp3) is 0.0526. The molecule has 0 aliphatic rings. The van der Waals surface area contributed by atoms with E-state index in [9.17, 15) is 0 Å². The first-order chi connectivity index (χ1) is 12.4. The topological polar surface area (TPSA) is 60.0 Å². The number of benzene rings is 2. The Morgan fingerprint density at radius 3 is 2.24 bits per heavy atom. The van der Waals surface area contributed by atoms with Gasteiger partial charge in [-0.1, -0.05) is 0 Å². The molecule has 4 aromatic rings. The van der Waals surface area contributed by atoms with Crippen LogP contribution in [0.5, 0.6) is 17.2 Å². The largest absolute Gasteiger partial charge is 0.487 e. The lowest BCUT2D eigenvalue weighted by molar-refractivity contribution is 0.301. The summed E-state index contributed by atoms with van der Waals surface area (Å²) in [5.74, 6) is 2.32. The van der Waals surface area contributed by atoms with E-state index in [-0.39, 0.29) is 0 Å². The smallest absolute Gasteiger partial charge is 0.131 e. The molecule has 2 heterocycles. The lowest BCUT2D eigenvalue weighted by Crippen LogP contribution is -1.95. The van der Waals surface area contributed by atoms with Crippen LogP contribution in [0.1, 0.15) is 5.69 Å². The highest BCUT2D eigenvalue weighted by atomic mass is 32.1. The summed E-state index contributed by atoms with van der Waals surface area (Å²) in [6.07, 6.45) is 1.73. The Balaban J connectivity index is 1.37. The van der Waals surface area contributed by atoms with E-state index in [4.69, 9.17) is 9.47 Å². The van der Waals surface area contributed by atoms with Crippen LogP contribution in [0.15, 0.2) is 71.7 Å². The first-order valence-electron chi connectivity index (χ1n) is 7.74. The summed E-state index contributed by atoms with van der Waals surface area (Å²) in [6, 6.07) is 17.3. The molecule has 0 fully saturated rings. The summed E-state index contributed by atoms with van der Waals surface area (Å²) in [6.45, 7) is 0.471. The molecule has 2 aromatic carbocycles. The van der Waals surface area contributed by atoms with Crippen molar-refractivity contribution < 1.29 is 9.47 Å². The number of H-pyrrole nitrogens is 1. The fourth-order valence-corrected chi connectivity index (χ4v) is 2.87. The molecule has 0 saturated heterocycles. The second kappa shape index (κ2) is 7.19. The van der Waals surface area contributed by atoms with E-state index >= 15 is 0 Å². The van der Waals surface area contributed by atoms with E-state index in [1.54, 1.807) is 23.0 Å². The molecule has 0 amide bonds. The molecule has 0 aliphatic heterocycles. The highest BCUT2D eigenvalue weighted by Crippen LogP contribution is 2.26. The van der Waals surface area contributed by atoms with Crippen molar-refractivity contribution in [3.8, 4) is 28.5 Å². The van der Waals surface area contributed by atoms with Gasteiger partial charge in [0.25, 0.3) is 0 Å². The summed E-state index contributed by atoms with van der Waals surface area (Å²) in [4.78, 5) is 4.19. The molecule has 0 bridgehead atoms. The minimum absolute atomic E-state index is 0.471. The van der Waals surface area contributed by atoms with Gasteiger partial charge in [-0.15, -0.1) is 11.3 Å². The lowest BCUT2D eigenvalue weighted by Gasteiger charge is -2.08. The highest BCUT2D eigenvalue weighted by Gasteiger charge is 2.02. The van der Waals surface area contributed by atoms with E-state index in [1.165, 1.54) is 0 Å². The molecule has 25 heavy (non-hydrogen) atoms. The van der Waals surface area contributed by atoms with Gasteiger partial charge in [0.1, 0.15) is 23.9 Å². The van der Waals surface area contributed by atoms with Gasteiger partial charge in [-0.25, -0.2) is 4.98 Å². The molecule has 4 rings (SSSR count). The molecule has 0 spiro atoms. The predicted octanol–water partition coefficient (Wildman–Crippen LogP) is 4.90. The molecule has 5 nitrogen and oxygen atoms in total. The van der Waals surface area contributed by atoms with Crippen LogP contribution in [0.25, 0.3) is 11.3 Å². The molecule has 0 atom stereocenters. The van der Waals surface area contributed by atoms with Gasteiger partial charge in [-0.2, -0.15) is 5.10 Å². The highest BCUT2D eigenvalue weighted by molar-refractivity contribution is 7.07. The van der Waals surface area contributed by atoms with E-state index in [1.807, 2.05) is 60.0 Å². The zero-order valence-electron chi connectivity index (χ0n) is 13.3. The van der Waals surface area contributed by atoms with Gasteiger partial charge < -0.3 is 9.47 Å². The SMILES string of the molecule is c1cc(-c2ccc(Oc3ccc(OCc4cscn4)cc3)cc2)[nH]n1. The van der Waals surface area contributed by atoms with Crippen LogP contribution in [0.3, 0.4) is 0 Å². The second-order valence-electron chi connectivity index (χ2n) is 5.34. The van der Waals surface area contributed by atoms with E-state index in [2.05, 4.69) is 15.2 Å². The van der Waals surface area contributed by atoms with Crippen LogP contribution < -0.4 is 9.47 Å². The zero-order valence-corrected chi connectivity index (χ0v) is 14.1. The normalized spacial score (nSPS) is 10.6. The molecule has 0 saturated carbocycles. The molecule has 1 N–H and O–H groups in total. The number of thiazole rings is 1. The number of ether oxygens (including phenoxy) is 2. The minimum atomic E-state index is 0.471. The number of rotatable bonds is 6. The molecule has 124 valence electrons. The Hall–Kier alpha value is -3.12. The minimum Gasteiger partial charge on any atom is -0.487 e. The van der Waals surface area contributed by atoms with Crippen LogP contribution >= 0.6 is 11.3 Å². The third kappa shape index (κ3) is 3.87. The Kier molecular flexibility index (Phi) is 4.43. The number of hydrogen-bond acceptors (Lipinski definition) is 5. The Morgan fingerprint density at radius 2 is 1.60 bits per heavy atom. The summed E-state index contributed by atoms with van der Waals surface area (Å²) in [5, 5.41) is 8.88. The lowest BCUT2D eigenvalue weighted by atomic mass is 10.1. The molecular weight excluding hydrogens is 334 g/mol. The van der Waals surface area contributed by atoms with Crippen LogP contribution in [0.2, 0.25) is 0 Å². The van der Waals surface area contributed by atoms with Crippen LogP contribution in [-0.2, 0) is 6.61 Å². The van der Waals surface area contributed by atoms with Gasteiger partial charge in [0, 0.05) is 11.6 Å². The third-order valence-electron chi connectivity index (χ3n) is 3.60. The van der Waals surface area contributed by atoms with Gasteiger partial charge >= 0.3 is 0 Å². The maximum absolute atomic E-state index is 5.86. The van der Waals surface area contributed by atoms with Gasteiger partial charge in [-0.3, -0.25) is 5.10 Å². The maximum atomic E-state index is 5.86. The zero-order chi connectivity index (χ0) is 16.9. The van der Waals surface area contributed by atoms with Crippen LogP contribution in [0, 0.1) is 0 Å². The monoisotopic (exact) mass is 349 g/mol. The summed E-state index contributed by atoms with van der Waals surface area (Å²) in [5.41, 5.74) is 4.78. The van der Waals surface area contributed by atoms with Crippen molar-refractivity contribution in [1.29, 1.82) is 0 Å². The van der Waals surface area contributed by atoms with Crippen molar-refractivity contribution >= 4 is 11.3 Å². The van der Waals surface area contributed by atoms with Crippen molar-refractivity contribution in [3.05, 3.63) is 77.4 Å². The van der Waals surface area contributed by atoms with Gasteiger partial charge in [0.15, 0.2) is 0 Å². The van der Waals surface area contributed by atoms with E-state index in [0.29, 0.717) is 6.61 Å². The van der Waals surface area contributed by atoms with Crippen molar-refractivity contribution in [2.75, 3.05) is 0 Å². The Bertz CT molecular complexity index is 902. The van der Waals surface area contributed by atoms with Gasteiger partial charge in [-0.05, 0) is 60.2 Å². The second-order valence-corrected chi connectivity index (χ2v) is 6.06. The molecule has 0 aliphatic carbocycles. The van der Waals surface area contributed by atoms with Gasteiger partial charge in [0.2, 0.25) is 0 Å².